The van der Waals surface area contributed by atoms with Gasteiger partial charge in [-0.15, -0.1) is 11.3 Å². The van der Waals surface area contributed by atoms with Crippen LogP contribution in [0.3, 0.4) is 0 Å². The first-order valence-electron chi connectivity index (χ1n) is 11.5. The number of nitrogens with one attached hydrogen (secondary N) is 1. The fourth-order valence-corrected chi connectivity index (χ4v) is 7.83. The maximum atomic E-state index is 13.3. The Bertz CT molecular complexity index is 1450. The number of sulfonamides is 2. The Morgan fingerprint density at radius 1 is 0.974 bits per heavy atom. The van der Waals surface area contributed by atoms with E-state index in [4.69, 9.17) is 0 Å². The summed E-state index contributed by atoms with van der Waals surface area (Å²) in [5.41, 5.74) is -2.94. The van der Waals surface area contributed by atoms with Gasteiger partial charge in [0.25, 0.3) is 10.0 Å². The monoisotopic (exact) mass is 589 g/mol. The molecule has 1 fully saturated rings. The minimum Gasteiger partial charge on any atom is -0.376 e. The van der Waals surface area contributed by atoms with Crippen molar-refractivity contribution in [1.82, 2.24) is 9.03 Å². The zero-order valence-corrected chi connectivity index (χ0v) is 22.6. The first-order chi connectivity index (χ1) is 17.7. The largest absolute Gasteiger partial charge is 0.421 e. The molecule has 0 saturated carbocycles. The number of aliphatic hydroxyl groups is 1. The van der Waals surface area contributed by atoms with Crippen LogP contribution in [0.5, 0.6) is 0 Å². The van der Waals surface area contributed by atoms with Gasteiger partial charge in [0.15, 0.2) is 5.60 Å². The number of piperazine rings is 1. The number of alkyl halides is 3. The zero-order valence-electron chi connectivity index (χ0n) is 20.2. The lowest BCUT2D eigenvalue weighted by Gasteiger charge is -2.42. The minimum absolute atomic E-state index is 0.0455. The van der Waals surface area contributed by atoms with E-state index in [9.17, 15) is 35.1 Å². The zero-order chi connectivity index (χ0) is 27.8. The van der Waals surface area contributed by atoms with Gasteiger partial charge in [0.05, 0.1) is 10.9 Å². The molecule has 3 aromatic rings. The SMILES string of the molecule is C[C@](O)(c1ccc(N2CCN(S(=O)(=O)c3cccs3)C[C@@H]2CNS(=O)(=O)c2ccccc2)cc1)C(F)(F)F. The van der Waals surface area contributed by atoms with Gasteiger partial charge in [-0.2, -0.15) is 17.5 Å². The van der Waals surface area contributed by atoms with E-state index in [1.165, 1.54) is 34.6 Å². The number of halogens is 3. The molecule has 1 saturated heterocycles. The van der Waals surface area contributed by atoms with Crippen LogP contribution in [-0.2, 0) is 25.6 Å². The molecule has 2 heterocycles. The van der Waals surface area contributed by atoms with Crippen LogP contribution in [0.1, 0.15) is 12.5 Å². The molecule has 1 aromatic heterocycles. The highest BCUT2D eigenvalue weighted by molar-refractivity contribution is 7.91. The molecule has 206 valence electrons. The third-order valence-corrected chi connectivity index (χ3v) is 11.1. The maximum Gasteiger partial charge on any atom is 0.421 e. The lowest BCUT2D eigenvalue weighted by Crippen LogP contribution is -2.58. The molecular weight excluding hydrogens is 563 g/mol. The molecule has 2 atom stereocenters. The molecular formula is C24H26F3N3O5S3. The van der Waals surface area contributed by atoms with E-state index in [-0.39, 0.29) is 40.8 Å². The Kier molecular flexibility index (Phi) is 7.94. The molecule has 4 rings (SSSR count). The number of hydrogen-bond donors (Lipinski definition) is 2. The number of anilines is 1. The van der Waals surface area contributed by atoms with Crippen molar-refractivity contribution in [3.8, 4) is 0 Å². The first kappa shape index (κ1) is 28.5. The van der Waals surface area contributed by atoms with Crippen LogP contribution in [0.4, 0.5) is 18.9 Å². The van der Waals surface area contributed by atoms with Crippen molar-refractivity contribution >= 4 is 37.1 Å². The highest BCUT2D eigenvalue weighted by atomic mass is 32.2. The topological polar surface area (TPSA) is 107 Å². The molecule has 0 unspecified atom stereocenters. The van der Waals surface area contributed by atoms with Crippen LogP contribution in [0.25, 0.3) is 0 Å². The van der Waals surface area contributed by atoms with Crippen LogP contribution in [-0.4, -0.2) is 64.6 Å². The summed E-state index contributed by atoms with van der Waals surface area (Å²) in [6.07, 6.45) is -4.88. The predicted octanol–water partition coefficient (Wildman–Crippen LogP) is 3.38. The van der Waals surface area contributed by atoms with E-state index in [1.54, 1.807) is 34.5 Å². The molecule has 2 N–H and O–H groups in total. The van der Waals surface area contributed by atoms with Crippen LogP contribution in [0.15, 0.2) is 81.2 Å². The summed E-state index contributed by atoms with van der Waals surface area (Å²) in [7, 11) is -7.72. The second-order valence-electron chi connectivity index (χ2n) is 8.92. The average Bonchev–Trinajstić information content (AvgIpc) is 3.43. The second-order valence-corrected chi connectivity index (χ2v) is 13.8. The van der Waals surface area contributed by atoms with Crippen molar-refractivity contribution in [2.75, 3.05) is 31.1 Å². The van der Waals surface area contributed by atoms with E-state index in [0.29, 0.717) is 12.6 Å². The minimum atomic E-state index is -4.88. The molecule has 2 aromatic carbocycles. The average molecular weight is 590 g/mol. The first-order valence-corrected chi connectivity index (χ1v) is 15.3. The predicted molar refractivity (Wildman–Crippen MR) is 138 cm³/mol. The lowest BCUT2D eigenvalue weighted by atomic mass is 9.95. The molecule has 14 heteroatoms. The molecule has 0 radical (unpaired) electrons. The smallest absolute Gasteiger partial charge is 0.376 e. The van der Waals surface area contributed by atoms with Gasteiger partial charge in [-0.25, -0.2) is 21.6 Å². The third kappa shape index (κ3) is 5.75. The quantitative estimate of drug-likeness (QED) is 0.417. The Labute approximate surface area is 223 Å². The molecule has 1 aliphatic rings. The Balaban J connectivity index is 1.61. The highest BCUT2D eigenvalue weighted by Crippen LogP contribution is 2.39. The summed E-state index contributed by atoms with van der Waals surface area (Å²) in [6, 6.07) is 15.2. The highest BCUT2D eigenvalue weighted by Gasteiger charge is 2.51. The van der Waals surface area contributed by atoms with Crippen molar-refractivity contribution < 1.29 is 35.1 Å². The molecule has 0 spiro atoms. The van der Waals surface area contributed by atoms with Gasteiger partial charge in [0.1, 0.15) is 4.21 Å². The van der Waals surface area contributed by atoms with Gasteiger partial charge in [0.2, 0.25) is 10.0 Å². The number of nitrogens with zero attached hydrogens (tertiary/aromatic N) is 2. The lowest BCUT2D eigenvalue weighted by molar-refractivity contribution is -0.258. The van der Waals surface area contributed by atoms with E-state index < -0.39 is 37.9 Å². The van der Waals surface area contributed by atoms with Crippen molar-refractivity contribution in [2.45, 2.75) is 33.8 Å². The van der Waals surface area contributed by atoms with Gasteiger partial charge in [-0.05, 0) is 48.2 Å². The van der Waals surface area contributed by atoms with Crippen molar-refractivity contribution in [1.29, 1.82) is 0 Å². The van der Waals surface area contributed by atoms with Crippen molar-refractivity contribution in [3.05, 3.63) is 77.7 Å². The summed E-state index contributed by atoms with van der Waals surface area (Å²) in [5.74, 6) is 0. The normalized spacial score (nSPS) is 19.3. The van der Waals surface area contributed by atoms with Gasteiger partial charge >= 0.3 is 6.18 Å². The van der Waals surface area contributed by atoms with Crippen LogP contribution >= 0.6 is 11.3 Å². The fourth-order valence-electron chi connectivity index (χ4n) is 4.13. The molecule has 1 aliphatic heterocycles. The van der Waals surface area contributed by atoms with Gasteiger partial charge in [-0.3, -0.25) is 0 Å². The molecule has 0 amide bonds. The van der Waals surface area contributed by atoms with Gasteiger partial charge < -0.3 is 10.0 Å². The van der Waals surface area contributed by atoms with E-state index >= 15 is 0 Å². The Hall–Kier alpha value is -2.49. The molecule has 0 bridgehead atoms. The number of rotatable bonds is 8. The van der Waals surface area contributed by atoms with Crippen LogP contribution in [0, 0.1) is 0 Å². The molecule has 38 heavy (non-hydrogen) atoms. The summed E-state index contributed by atoms with van der Waals surface area (Å²) < 4.78 is 95.8. The third-order valence-electron chi connectivity index (χ3n) is 6.41. The Morgan fingerprint density at radius 3 is 2.21 bits per heavy atom. The molecule has 0 aliphatic carbocycles. The Morgan fingerprint density at radius 2 is 1.63 bits per heavy atom. The number of thiophene rings is 1. The number of benzene rings is 2. The standard InChI is InChI=1S/C24H26F3N3O5S3/c1-23(31,24(25,26)27)18-9-11-19(12-10-18)30-14-13-29(38(34,35)22-8-5-15-36-22)17-20(30)16-28-37(32,33)21-6-3-2-4-7-21/h2-12,15,20,28,31H,13-14,16-17H2,1H3/t20-,23-/m0/s1. The van der Waals surface area contributed by atoms with Crippen molar-refractivity contribution in [2.24, 2.45) is 0 Å². The summed E-state index contributed by atoms with van der Waals surface area (Å²) in [6.45, 7) is 0.703. The van der Waals surface area contributed by atoms with E-state index in [2.05, 4.69) is 4.72 Å². The van der Waals surface area contributed by atoms with E-state index in [1.807, 2.05) is 0 Å². The molecule has 8 nitrogen and oxygen atoms in total. The number of hydrogen-bond acceptors (Lipinski definition) is 7. The van der Waals surface area contributed by atoms with Crippen molar-refractivity contribution in [3.63, 3.8) is 0 Å². The maximum absolute atomic E-state index is 13.3. The van der Waals surface area contributed by atoms with Crippen LogP contribution < -0.4 is 9.62 Å². The summed E-state index contributed by atoms with van der Waals surface area (Å²) in [5, 5.41) is 11.6. The summed E-state index contributed by atoms with van der Waals surface area (Å²) >= 11 is 1.07. The van der Waals surface area contributed by atoms with Crippen LogP contribution in [0.2, 0.25) is 0 Å². The van der Waals surface area contributed by atoms with Gasteiger partial charge in [0, 0.05) is 31.9 Å². The van der Waals surface area contributed by atoms with Gasteiger partial charge in [-0.1, -0.05) is 36.4 Å². The summed E-state index contributed by atoms with van der Waals surface area (Å²) in [4.78, 5) is 1.80. The van der Waals surface area contributed by atoms with E-state index in [0.717, 1.165) is 23.5 Å². The second kappa shape index (κ2) is 10.6. The fraction of sp³-hybridized carbons (Fsp3) is 0.333.